The Kier molecular flexibility index (Phi) is 5.25. The van der Waals surface area contributed by atoms with Crippen LogP contribution in [0, 0.1) is 0 Å². The molecule has 19 heavy (non-hydrogen) atoms. The fourth-order valence-corrected chi connectivity index (χ4v) is 2.06. The maximum atomic E-state index is 11.6. The Balaban J connectivity index is 2.47. The average Bonchev–Trinajstić information content (AvgIpc) is 2.36. The summed E-state index contributed by atoms with van der Waals surface area (Å²) in [5, 5.41) is 11.0. The Hall–Kier alpha value is -1.67. The molecule has 1 rings (SSSR count). The van der Waals surface area contributed by atoms with Crippen LogP contribution in [0.25, 0.3) is 0 Å². The van der Waals surface area contributed by atoms with Crippen LogP contribution < -0.4 is 11.1 Å². The quantitative estimate of drug-likeness (QED) is 0.583. The molecule has 1 aliphatic heterocycles. The minimum Gasteiger partial charge on any atom is -0.480 e. The van der Waals surface area contributed by atoms with Crippen LogP contribution in [0.5, 0.6) is 0 Å². The second-order valence-corrected chi connectivity index (χ2v) is 4.62. The van der Waals surface area contributed by atoms with Gasteiger partial charge in [0.25, 0.3) is 0 Å². The number of imide groups is 1. The summed E-state index contributed by atoms with van der Waals surface area (Å²) >= 11 is 0. The number of piperazine rings is 1. The molecule has 2 unspecified atom stereocenters. The SMILES string of the molecule is CC(C(=O)O)N1CCN(C(C)C(=O)NC(N)=O)CC1. The lowest BCUT2D eigenvalue weighted by Crippen LogP contribution is -2.57. The van der Waals surface area contributed by atoms with Gasteiger partial charge in [0.1, 0.15) is 6.04 Å². The van der Waals surface area contributed by atoms with Crippen molar-refractivity contribution in [3.63, 3.8) is 0 Å². The van der Waals surface area contributed by atoms with Gasteiger partial charge < -0.3 is 10.8 Å². The lowest BCUT2D eigenvalue weighted by Gasteiger charge is -2.38. The van der Waals surface area contributed by atoms with E-state index < -0.39 is 30.0 Å². The normalized spacial score (nSPS) is 20.5. The van der Waals surface area contributed by atoms with E-state index in [0.29, 0.717) is 26.2 Å². The van der Waals surface area contributed by atoms with Crippen molar-refractivity contribution in [3.05, 3.63) is 0 Å². The molecule has 1 aliphatic rings. The van der Waals surface area contributed by atoms with Crippen LogP contribution in [0.4, 0.5) is 4.79 Å². The Bertz CT molecular complexity index is 366. The molecule has 2 atom stereocenters. The third-order valence-electron chi connectivity index (χ3n) is 3.43. The topological polar surface area (TPSA) is 116 Å². The molecular weight excluding hydrogens is 252 g/mol. The molecule has 8 heteroatoms. The summed E-state index contributed by atoms with van der Waals surface area (Å²) in [7, 11) is 0. The number of hydrogen-bond acceptors (Lipinski definition) is 5. The zero-order valence-electron chi connectivity index (χ0n) is 11.1. The fourth-order valence-electron chi connectivity index (χ4n) is 2.06. The van der Waals surface area contributed by atoms with Crippen molar-refractivity contribution in [2.75, 3.05) is 26.2 Å². The summed E-state index contributed by atoms with van der Waals surface area (Å²) in [5.74, 6) is -1.29. The zero-order valence-corrected chi connectivity index (χ0v) is 11.1. The molecule has 3 amide bonds. The van der Waals surface area contributed by atoms with Crippen LogP contribution >= 0.6 is 0 Å². The Morgan fingerprint density at radius 1 is 1.05 bits per heavy atom. The fraction of sp³-hybridized carbons (Fsp3) is 0.727. The maximum Gasteiger partial charge on any atom is 0.320 e. The molecule has 0 aromatic rings. The van der Waals surface area contributed by atoms with Crippen LogP contribution in [-0.4, -0.2) is 71.1 Å². The lowest BCUT2D eigenvalue weighted by atomic mass is 10.2. The number of amides is 3. The Morgan fingerprint density at radius 2 is 1.47 bits per heavy atom. The number of primary amides is 1. The minimum absolute atomic E-state index is 0.438. The number of nitrogens with one attached hydrogen (secondary N) is 1. The maximum absolute atomic E-state index is 11.6. The van der Waals surface area contributed by atoms with Gasteiger partial charge in [-0.25, -0.2) is 4.79 Å². The molecule has 0 spiro atoms. The van der Waals surface area contributed by atoms with Crippen molar-refractivity contribution in [3.8, 4) is 0 Å². The standard InChI is InChI=1S/C11H20N4O4/c1-7(9(16)13-11(12)19)14-3-5-15(6-4-14)8(2)10(17)18/h7-8H,3-6H2,1-2H3,(H,17,18)(H3,12,13,16,19). The number of carbonyl (C=O) groups excluding carboxylic acids is 2. The number of rotatable bonds is 4. The van der Waals surface area contributed by atoms with Gasteiger partial charge in [-0.15, -0.1) is 0 Å². The van der Waals surface area contributed by atoms with Crippen molar-refractivity contribution in [2.24, 2.45) is 5.73 Å². The van der Waals surface area contributed by atoms with Gasteiger partial charge in [-0.2, -0.15) is 0 Å². The zero-order chi connectivity index (χ0) is 14.6. The highest BCUT2D eigenvalue weighted by Gasteiger charge is 2.29. The van der Waals surface area contributed by atoms with E-state index in [0.717, 1.165) is 0 Å². The largest absolute Gasteiger partial charge is 0.480 e. The van der Waals surface area contributed by atoms with E-state index in [1.165, 1.54) is 0 Å². The van der Waals surface area contributed by atoms with Crippen LogP contribution in [-0.2, 0) is 9.59 Å². The molecule has 1 fully saturated rings. The van der Waals surface area contributed by atoms with Crippen LogP contribution in [0.15, 0.2) is 0 Å². The second kappa shape index (κ2) is 6.48. The highest BCUT2D eigenvalue weighted by atomic mass is 16.4. The van der Waals surface area contributed by atoms with Crippen LogP contribution in [0.1, 0.15) is 13.8 Å². The monoisotopic (exact) mass is 272 g/mol. The number of carbonyl (C=O) groups is 3. The van der Waals surface area contributed by atoms with E-state index in [-0.39, 0.29) is 0 Å². The average molecular weight is 272 g/mol. The number of nitrogens with two attached hydrogens (primary N) is 1. The van der Waals surface area contributed by atoms with Crippen molar-refractivity contribution in [1.29, 1.82) is 0 Å². The van der Waals surface area contributed by atoms with E-state index in [2.05, 4.69) is 0 Å². The number of carboxylic acid groups (broad SMARTS) is 1. The van der Waals surface area contributed by atoms with E-state index in [1.807, 2.05) is 15.1 Å². The summed E-state index contributed by atoms with van der Waals surface area (Å²) in [6.07, 6.45) is 0. The molecule has 0 radical (unpaired) electrons. The Morgan fingerprint density at radius 3 is 1.84 bits per heavy atom. The number of hydrogen-bond donors (Lipinski definition) is 3. The third-order valence-corrected chi connectivity index (χ3v) is 3.43. The molecule has 8 nitrogen and oxygen atoms in total. The first-order chi connectivity index (χ1) is 8.82. The van der Waals surface area contributed by atoms with E-state index >= 15 is 0 Å². The third kappa shape index (κ3) is 4.18. The highest BCUT2D eigenvalue weighted by Crippen LogP contribution is 2.09. The van der Waals surface area contributed by atoms with Crippen LogP contribution in [0.2, 0.25) is 0 Å². The first kappa shape index (κ1) is 15.4. The van der Waals surface area contributed by atoms with Gasteiger partial charge in [0.05, 0.1) is 6.04 Å². The predicted octanol–water partition coefficient (Wildman–Crippen LogP) is -1.34. The summed E-state index contributed by atoms with van der Waals surface area (Å²) in [5.41, 5.74) is 4.89. The van der Waals surface area contributed by atoms with E-state index in [9.17, 15) is 14.4 Å². The number of urea groups is 1. The number of aliphatic carboxylic acids is 1. The van der Waals surface area contributed by atoms with Crippen molar-refractivity contribution in [2.45, 2.75) is 25.9 Å². The molecular formula is C11H20N4O4. The van der Waals surface area contributed by atoms with E-state index in [1.54, 1.807) is 13.8 Å². The minimum atomic E-state index is -0.866. The van der Waals surface area contributed by atoms with Gasteiger partial charge in [0.2, 0.25) is 5.91 Å². The van der Waals surface area contributed by atoms with Gasteiger partial charge in [-0.05, 0) is 13.8 Å². The number of carboxylic acids is 1. The molecule has 0 saturated carbocycles. The summed E-state index contributed by atoms with van der Waals surface area (Å²) in [6.45, 7) is 5.62. The first-order valence-corrected chi connectivity index (χ1v) is 6.14. The molecule has 108 valence electrons. The highest BCUT2D eigenvalue weighted by molar-refractivity contribution is 5.96. The predicted molar refractivity (Wildman–Crippen MR) is 67.4 cm³/mol. The molecule has 0 bridgehead atoms. The van der Waals surface area contributed by atoms with Gasteiger partial charge in [0.15, 0.2) is 0 Å². The summed E-state index contributed by atoms with van der Waals surface area (Å²) < 4.78 is 0. The molecule has 0 aliphatic carbocycles. The summed E-state index contributed by atoms with van der Waals surface area (Å²) in [6, 6.07) is -1.86. The second-order valence-electron chi connectivity index (χ2n) is 4.62. The number of nitrogens with zero attached hydrogens (tertiary/aromatic N) is 2. The lowest BCUT2D eigenvalue weighted by molar-refractivity contribution is -0.143. The van der Waals surface area contributed by atoms with Crippen molar-refractivity contribution >= 4 is 17.9 Å². The summed E-state index contributed by atoms with van der Waals surface area (Å²) in [4.78, 5) is 36.8. The van der Waals surface area contributed by atoms with Gasteiger partial charge in [-0.1, -0.05) is 0 Å². The first-order valence-electron chi connectivity index (χ1n) is 6.14. The van der Waals surface area contributed by atoms with Gasteiger partial charge in [-0.3, -0.25) is 24.7 Å². The van der Waals surface area contributed by atoms with E-state index in [4.69, 9.17) is 10.8 Å². The van der Waals surface area contributed by atoms with Crippen LogP contribution in [0.3, 0.4) is 0 Å². The molecule has 4 N–H and O–H groups in total. The van der Waals surface area contributed by atoms with Crippen molar-refractivity contribution in [1.82, 2.24) is 15.1 Å². The Labute approximate surface area is 111 Å². The van der Waals surface area contributed by atoms with Crippen molar-refractivity contribution < 1.29 is 19.5 Å². The molecule has 1 saturated heterocycles. The van der Waals surface area contributed by atoms with Gasteiger partial charge in [0, 0.05) is 26.2 Å². The van der Waals surface area contributed by atoms with Gasteiger partial charge >= 0.3 is 12.0 Å². The smallest absolute Gasteiger partial charge is 0.320 e. The molecule has 1 heterocycles. The molecule has 0 aromatic heterocycles. The molecule has 0 aromatic carbocycles.